The first-order chi connectivity index (χ1) is 5.75. The van der Waals surface area contributed by atoms with Gasteiger partial charge in [-0.2, -0.15) is 0 Å². The molecule has 0 N–H and O–H groups in total. The van der Waals surface area contributed by atoms with Crippen LogP contribution in [0.3, 0.4) is 0 Å². The van der Waals surface area contributed by atoms with Gasteiger partial charge in [0.2, 0.25) is 0 Å². The Morgan fingerprint density at radius 3 is 2.92 bits per heavy atom. The summed E-state index contributed by atoms with van der Waals surface area (Å²) in [5.41, 5.74) is 0. The van der Waals surface area contributed by atoms with E-state index in [1.807, 2.05) is 11.3 Å². The highest BCUT2D eigenvalue weighted by molar-refractivity contribution is 7.11. The minimum Gasteiger partial charge on any atom is -0.249 e. The van der Waals surface area contributed by atoms with Crippen molar-refractivity contribution in [2.75, 3.05) is 0 Å². The van der Waals surface area contributed by atoms with Crippen molar-refractivity contribution in [3.8, 4) is 0 Å². The SMILES string of the molecule is CC(C)Cc1ncc(C2CC2)s1. The van der Waals surface area contributed by atoms with Crippen LogP contribution in [0.15, 0.2) is 6.20 Å². The number of rotatable bonds is 3. The summed E-state index contributed by atoms with van der Waals surface area (Å²) < 4.78 is 0. The highest BCUT2D eigenvalue weighted by Crippen LogP contribution is 2.42. The van der Waals surface area contributed by atoms with Crippen LogP contribution in [0.25, 0.3) is 0 Å². The van der Waals surface area contributed by atoms with Gasteiger partial charge in [0.25, 0.3) is 0 Å². The van der Waals surface area contributed by atoms with Gasteiger partial charge in [-0.1, -0.05) is 13.8 Å². The van der Waals surface area contributed by atoms with Gasteiger partial charge >= 0.3 is 0 Å². The molecule has 2 heteroatoms. The van der Waals surface area contributed by atoms with Crippen LogP contribution in [-0.2, 0) is 6.42 Å². The molecule has 0 saturated heterocycles. The Bertz CT molecular complexity index is 261. The fourth-order valence-electron chi connectivity index (χ4n) is 1.32. The molecule has 0 aromatic carbocycles. The molecular weight excluding hydrogens is 166 g/mol. The van der Waals surface area contributed by atoms with Crippen molar-refractivity contribution in [2.45, 2.75) is 39.0 Å². The van der Waals surface area contributed by atoms with Crippen molar-refractivity contribution >= 4 is 11.3 Å². The molecule has 0 spiro atoms. The number of thiazole rings is 1. The minimum absolute atomic E-state index is 0.739. The van der Waals surface area contributed by atoms with Gasteiger partial charge in [0.1, 0.15) is 0 Å². The van der Waals surface area contributed by atoms with Crippen LogP contribution in [0.4, 0.5) is 0 Å². The van der Waals surface area contributed by atoms with E-state index in [-0.39, 0.29) is 0 Å². The van der Waals surface area contributed by atoms with E-state index in [9.17, 15) is 0 Å². The van der Waals surface area contributed by atoms with Crippen LogP contribution < -0.4 is 0 Å². The normalized spacial score (nSPS) is 17.2. The third-order valence-corrected chi connectivity index (χ3v) is 3.32. The second kappa shape index (κ2) is 3.17. The summed E-state index contributed by atoms with van der Waals surface area (Å²) in [4.78, 5) is 5.96. The van der Waals surface area contributed by atoms with E-state index in [4.69, 9.17) is 0 Å². The van der Waals surface area contributed by atoms with Gasteiger partial charge in [-0.05, 0) is 24.7 Å². The van der Waals surface area contributed by atoms with E-state index >= 15 is 0 Å². The molecule has 0 aliphatic heterocycles. The molecule has 1 fully saturated rings. The van der Waals surface area contributed by atoms with E-state index in [1.165, 1.54) is 22.7 Å². The van der Waals surface area contributed by atoms with E-state index in [0.29, 0.717) is 0 Å². The van der Waals surface area contributed by atoms with Crippen molar-refractivity contribution in [3.05, 3.63) is 16.1 Å². The van der Waals surface area contributed by atoms with E-state index in [2.05, 4.69) is 25.0 Å². The average molecular weight is 181 g/mol. The quantitative estimate of drug-likeness (QED) is 0.697. The van der Waals surface area contributed by atoms with Gasteiger partial charge in [-0.15, -0.1) is 11.3 Å². The summed E-state index contributed by atoms with van der Waals surface area (Å²) in [7, 11) is 0. The third kappa shape index (κ3) is 1.86. The minimum atomic E-state index is 0.739. The van der Waals surface area contributed by atoms with Crippen LogP contribution in [0.5, 0.6) is 0 Å². The molecule has 0 radical (unpaired) electrons. The maximum absolute atomic E-state index is 4.44. The lowest BCUT2D eigenvalue weighted by molar-refractivity contribution is 0.644. The Morgan fingerprint density at radius 2 is 2.33 bits per heavy atom. The summed E-state index contributed by atoms with van der Waals surface area (Å²) in [5, 5.41) is 1.33. The highest BCUT2D eigenvalue weighted by atomic mass is 32.1. The largest absolute Gasteiger partial charge is 0.249 e. The Hall–Kier alpha value is -0.370. The third-order valence-electron chi connectivity index (χ3n) is 2.13. The fourth-order valence-corrected chi connectivity index (χ4v) is 2.63. The predicted molar refractivity (Wildman–Crippen MR) is 52.6 cm³/mol. The Balaban J connectivity index is 2.03. The predicted octanol–water partition coefficient (Wildman–Crippen LogP) is 3.22. The summed E-state index contributed by atoms with van der Waals surface area (Å²) in [6.45, 7) is 4.50. The number of aromatic nitrogens is 1. The van der Waals surface area contributed by atoms with Crippen molar-refractivity contribution in [1.82, 2.24) is 4.98 Å². The zero-order valence-corrected chi connectivity index (χ0v) is 8.53. The Morgan fingerprint density at radius 1 is 1.58 bits per heavy atom. The molecule has 1 heterocycles. The maximum Gasteiger partial charge on any atom is 0.0930 e. The van der Waals surface area contributed by atoms with E-state index < -0.39 is 0 Å². The molecule has 0 bridgehead atoms. The monoisotopic (exact) mass is 181 g/mol. The van der Waals surface area contributed by atoms with Gasteiger partial charge in [-0.3, -0.25) is 0 Å². The number of hydrogen-bond acceptors (Lipinski definition) is 2. The molecule has 1 saturated carbocycles. The van der Waals surface area contributed by atoms with Gasteiger partial charge in [0.15, 0.2) is 0 Å². The van der Waals surface area contributed by atoms with Crippen LogP contribution >= 0.6 is 11.3 Å². The molecular formula is C10H15NS. The van der Waals surface area contributed by atoms with Crippen LogP contribution in [-0.4, -0.2) is 4.98 Å². The van der Waals surface area contributed by atoms with Crippen LogP contribution in [0, 0.1) is 5.92 Å². The van der Waals surface area contributed by atoms with Crippen LogP contribution in [0.2, 0.25) is 0 Å². The lowest BCUT2D eigenvalue weighted by Gasteiger charge is -1.97. The van der Waals surface area contributed by atoms with Gasteiger partial charge < -0.3 is 0 Å². The van der Waals surface area contributed by atoms with Crippen molar-refractivity contribution in [1.29, 1.82) is 0 Å². The van der Waals surface area contributed by atoms with Crippen molar-refractivity contribution in [3.63, 3.8) is 0 Å². The molecule has 1 nitrogen and oxygen atoms in total. The van der Waals surface area contributed by atoms with Gasteiger partial charge in [0, 0.05) is 17.5 Å². The summed E-state index contributed by atoms with van der Waals surface area (Å²) >= 11 is 1.92. The molecule has 2 rings (SSSR count). The molecule has 1 aliphatic carbocycles. The second-order valence-corrected chi connectivity index (χ2v) is 5.18. The molecule has 0 amide bonds. The molecule has 66 valence electrons. The zero-order valence-electron chi connectivity index (χ0n) is 7.71. The standard InChI is InChI=1S/C10H15NS/c1-7(2)5-10-11-6-9(12-10)8-3-4-8/h6-8H,3-5H2,1-2H3. The van der Waals surface area contributed by atoms with Crippen LogP contribution in [0.1, 0.15) is 42.5 Å². The zero-order chi connectivity index (χ0) is 8.55. The molecule has 0 unspecified atom stereocenters. The van der Waals surface area contributed by atoms with E-state index in [0.717, 1.165) is 18.3 Å². The smallest absolute Gasteiger partial charge is 0.0930 e. The lowest BCUT2D eigenvalue weighted by Crippen LogP contribution is -1.91. The topological polar surface area (TPSA) is 12.9 Å². The highest BCUT2D eigenvalue weighted by Gasteiger charge is 2.25. The molecule has 1 aliphatic rings. The Kier molecular flexibility index (Phi) is 2.18. The van der Waals surface area contributed by atoms with Crippen molar-refractivity contribution < 1.29 is 0 Å². The maximum atomic E-state index is 4.44. The molecule has 0 atom stereocenters. The summed E-state index contributed by atoms with van der Waals surface area (Å²) in [6.07, 6.45) is 6.02. The average Bonchev–Trinajstić information content (AvgIpc) is 2.73. The first-order valence-electron chi connectivity index (χ1n) is 4.70. The second-order valence-electron chi connectivity index (χ2n) is 4.03. The fraction of sp³-hybridized carbons (Fsp3) is 0.700. The number of nitrogens with zero attached hydrogens (tertiary/aromatic N) is 1. The Labute approximate surface area is 77.8 Å². The van der Waals surface area contributed by atoms with Gasteiger partial charge in [0.05, 0.1) is 5.01 Å². The summed E-state index contributed by atoms with van der Waals surface area (Å²) in [5.74, 6) is 1.62. The first-order valence-corrected chi connectivity index (χ1v) is 5.52. The van der Waals surface area contributed by atoms with Crippen molar-refractivity contribution in [2.24, 2.45) is 5.92 Å². The van der Waals surface area contributed by atoms with E-state index in [1.54, 1.807) is 0 Å². The van der Waals surface area contributed by atoms with Gasteiger partial charge in [-0.25, -0.2) is 4.98 Å². The summed E-state index contributed by atoms with van der Waals surface area (Å²) in [6, 6.07) is 0. The molecule has 1 aromatic heterocycles. The lowest BCUT2D eigenvalue weighted by atomic mass is 10.1. The molecule has 1 aromatic rings. The first kappa shape index (κ1) is 8.24. The molecule has 12 heavy (non-hydrogen) atoms. The number of hydrogen-bond donors (Lipinski definition) is 0.